The van der Waals surface area contributed by atoms with E-state index in [1.54, 1.807) is 0 Å². The molecule has 8 nitrogen and oxygen atoms in total. The molecule has 1 atom stereocenters. The first-order valence-electron chi connectivity index (χ1n) is 16.1. The number of ketones is 1. The van der Waals surface area contributed by atoms with Crippen LogP contribution in [0.3, 0.4) is 0 Å². The standard InChI is InChI=1S/C34H44N2O6S.C2H6/c1-9-35-29-16-27-25(14-23(29)21(18-33(35,5)6)19-43(40,41)42)31(39)24-13-22-20(2)17-32(3,4)36(12-10-11-30(37)38)28(22)15-26(24)34(27,7)8;1-2/h13-16,18,20H,9-12,17,19H2,1-8H3,(H,37,38)(H,40,41,42);1-2H3. The summed E-state index contributed by atoms with van der Waals surface area (Å²) < 4.78 is 33.8. The second-order valence-electron chi connectivity index (χ2n) is 14.2. The Morgan fingerprint density at radius 1 is 0.933 bits per heavy atom. The molecule has 2 aromatic rings. The van der Waals surface area contributed by atoms with E-state index in [0.717, 1.165) is 34.5 Å². The van der Waals surface area contributed by atoms with E-state index in [9.17, 15) is 27.7 Å². The third-order valence-electron chi connectivity index (χ3n) is 9.78. The van der Waals surface area contributed by atoms with Gasteiger partial charge in [-0.15, -0.1) is 0 Å². The van der Waals surface area contributed by atoms with Gasteiger partial charge in [0.25, 0.3) is 10.1 Å². The molecule has 2 N–H and O–H groups in total. The molecule has 1 unspecified atom stereocenters. The zero-order valence-corrected chi connectivity index (χ0v) is 29.4. The SMILES string of the molecule is CC.CCN1c2cc3c(cc2C(CS(=O)(=O)O)=CC1(C)C)C(=O)c1cc2c(cc1C3(C)C)N(CCCC(=O)O)C(C)(C)CC2C. The number of hydrogen-bond donors (Lipinski definition) is 2. The lowest BCUT2D eigenvalue weighted by Gasteiger charge is -2.49. The first-order valence-corrected chi connectivity index (χ1v) is 17.8. The summed E-state index contributed by atoms with van der Waals surface area (Å²) in [4.78, 5) is 30.1. The maximum atomic E-state index is 14.3. The van der Waals surface area contributed by atoms with Crippen LogP contribution in [0.4, 0.5) is 11.4 Å². The second kappa shape index (κ2) is 11.9. The van der Waals surface area contributed by atoms with Gasteiger partial charge in [-0.25, -0.2) is 0 Å². The molecule has 5 rings (SSSR count). The molecule has 0 radical (unpaired) electrons. The number of carbonyl (C=O) groups is 2. The second-order valence-corrected chi connectivity index (χ2v) is 15.6. The summed E-state index contributed by atoms with van der Waals surface area (Å²) >= 11 is 0. The van der Waals surface area contributed by atoms with Crippen molar-refractivity contribution in [2.75, 3.05) is 28.6 Å². The minimum atomic E-state index is -4.30. The minimum absolute atomic E-state index is 0.0940. The molecular formula is C36H50N2O6S. The van der Waals surface area contributed by atoms with E-state index in [1.165, 1.54) is 0 Å². The Balaban J connectivity index is 0.00000226. The van der Waals surface area contributed by atoms with E-state index >= 15 is 0 Å². The highest BCUT2D eigenvalue weighted by Crippen LogP contribution is 2.51. The number of carboxylic acids is 1. The molecule has 9 heteroatoms. The predicted molar refractivity (Wildman–Crippen MR) is 183 cm³/mol. The van der Waals surface area contributed by atoms with E-state index < -0.39 is 32.8 Å². The van der Waals surface area contributed by atoms with E-state index in [2.05, 4.69) is 50.5 Å². The topological polar surface area (TPSA) is 115 Å². The molecule has 2 heterocycles. The van der Waals surface area contributed by atoms with Crippen LogP contribution >= 0.6 is 0 Å². The highest BCUT2D eigenvalue weighted by Gasteiger charge is 2.44. The molecule has 2 aliphatic heterocycles. The summed E-state index contributed by atoms with van der Waals surface area (Å²) in [5, 5.41) is 9.28. The fourth-order valence-corrected chi connectivity index (χ4v) is 8.53. The smallest absolute Gasteiger partial charge is 0.303 e. The molecule has 246 valence electrons. The van der Waals surface area contributed by atoms with Crippen molar-refractivity contribution in [3.05, 3.63) is 63.7 Å². The zero-order valence-electron chi connectivity index (χ0n) is 28.5. The number of likely N-dealkylation sites (N-methyl/N-ethyl adjacent to an activating group) is 1. The molecule has 0 aromatic heterocycles. The van der Waals surface area contributed by atoms with Gasteiger partial charge in [0.05, 0.1) is 5.54 Å². The summed E-state index contributed by atoms with van der Waals surface area (Å²) in [5.74, 6) is -1.22. The quantitative estimate of drug-likeness (QED) is 0.301. The number of carbonyl (C=O) groups excluding carboxylic acids is 1. The van der Waals surface area contributed by atoms with E-state index in [1.807, 2.05) is 58.9 Å². The molecule has 1 aliphatic carbocycles. The summed E-state index contributed by atoms with van der Waals surface area (Å²) in [5.41, 5.74) is 5.92. The van der Waals surface area contributed by atoms with E-state index in [-0.39, 0.29) is 23.7 Å². The molecule has 3 aliphatic rings. The third kappa shape index (κ3) is 6.18. The zero-order chi connectivity index (χ0) is 33.9. The molecular weight excluding hydrogens is 588 g/mol. The Bertz CT molecular complexity index is 1670. The van der Waals surface area contributed by atoms with Gasteiger partial charge in [-0.05, 0) is 99.9 Å². The molecule has 0 amide bonds. The van der Waals surface area contributed by atoms with Gasteiger partial charge in [0, 0.05) is 58.5 Å². The van der Waals surface area contributed by atoms with E-state index in [0.29, 0.717) is 41.8 Å². The van der Waals surface area contributed by atoms with Gasteiger partial charge in [-0.2, -0.15) is 8.42 Å². The number of rotatable bonds is 7. The van der Waals surface area contributed by atoms with Crippen LogP contribution in [0.25, 0.3) is 5.57 Å². The molecule has 2 aromatic carbocycles. The first kappa shape index (κ1) is 34.7. The largest absolute Gasteiger partial charge is 0.481 e. The van der Waals surface area contributed by atoms with Crippen LogP contribution < -0.4 is 9.80 Å². The maximum Gasteiger partial charge on any atom is 0.303 e. The van der Waals surface area contributed by atoms with Gasteiger partial charge in [-0.3, -0.25) is 14.1 Å². The van der Waals surface area contributed by atoms with Crippen LogP contribution in [-0.4, -0.2) is 59.7 Å². The van der Waals surface area contributed by atoms with Crippen molar-refractivity contribution in [2.45, 2.75) is 111 Å². The van der Waals surface area contributed by atoms with Gasteiger partial charge < -0.3 is 14.9 Å². The van der Waals surface area contributed by atoms with Gasteiger partial charge in [0.15, 0.2) is 5.78 Å². The average molecular weight is 639 g/mol. The van der Waals surface area contributed by atoms with Crippen molar-refractivity contribution in [1.29, 1.82) is 0 Å². The number of benzene rings is 2. The highest BCUT2D eigenvalue weighted by molar-refractivity contribution is 7.86. The van der Waals surface area contributed by atoms with Gasteiger partial charge in [0.2, 0.25) is 0 Å². The average Bonchev–Trinajstić information content (AvgIpc) is 2.92. The predicted octanol–water partition coefficient (Wildman–Crippen LogP) is 7.43. The lowest BCUT2D eigenvalue weighted by Crippen LogP contribution is -2.49. The van der Waals surface area contributed by atoms with Crippen molar-refractivity contribution in [2.24, 2.45) is 0 Å². The summed E-state index contributed by atoms with van der Waals surface area (Å²) in [6.07, 6.45) is 3.39. The molecule has 0 saturated carbocycles. The minimum Gasteiger partial charge on any atom is -0.481 e. The fraction of sp³-hybridized carbons (Fsp3) is 0.556. The van der Waals surface area contributed by atoms with Crippen molar-refractivity contribution >= 4 is 38.8 Å². The van der Waals surface area contributed by atoms with Gasteiger partial charge >= 0.3 is 5.97 Å². The Kier molecular flexibility index (Phi) is 9.16. The molecule has 0 bridgehead atoms. The van der Waals surface area contributed by atoms with Crippen molar-refractivity contribution in [1.82, 2.24) is 0 Å². The lowest BCUT2D eigenvalue weighted by molar-refractivity contribution is -0.137. The first-order chi connectivity index (χ1) is 20.8. The van der Waals surface area contributed by atoms with Crippen molar-refractivity contribution in [3.8, 4) is 0 Å². The normalized spacial score (nSPS) is 20.6. The van der Waals surface area contributed by atoms with Crippen molar-refractivity contribution in [3.63, 3.8) is 0 Å². The molecule has 45 heavy (non-hydrogen) atoms. The van der Waals surface area contributed by atoms with Gasteiger partial charge in [-0.1, -0.05) is 40.7 Å². The lowest BCUT2D eigenvalue weighted by atomic mass is 9.66. The Labute approximate surface area is 269 Å². The van der Waals surface area contributed by atoms with Crippen LogP contribution in [-0.2, 0) is 20.3 Å². The van der Waals surface area contributed by atoms with E-state index in [4.69, 9.17) is 0 Å². The summed E-state index contributed by atoms with van der Waals surface area (Å²) in [6, 6.07) is 8.08. The van der Waals surface area contributed by atoms with Crippen LogP contribution in [0.15, 0.2) is 30.3 Å². The Hall–Kier alpha value is -3.17. The summed E-state index contributed by atoms with van der Waals surface area (Å²) in [6.45, 7) is 22.2. The number of nitrogens with zero attached hydrogens (tertiary/aromatic N) is 2. The number of carboxylic acid groups (broad SMARTS) is 1. The summed E-state index contributed by atoms with van der Waals surface area (Å²) in [7, 11) is -4.30. The van der Waals surface area contributed by atoms with Crippen molar-refractivity contribution < 1.29 is 27.7 Å². The number of hydrogen-bond acceptors (Lipinski definition) is 6. The fourth-order valence-electron chi connectivity index (χ4n) is 7.90. The third-order valence-corrected chi connectivity index (χ3v) is 10.5. The van der Waals surface area contributed by atoms with Gasteiger partial charge in [0.1, 0.15) is 5.75 Å². The molecule has 0 fully saturated rings. The van der Waals surface area contributed by atoms with Crippen LogP contribution in [0, 0.1) is 0 Å². The molecule has 0 saturated heterocycles. The Morgan fingerprint density at radius 2 is 1.51 bits per heavy atom. The maximum absolute atomic E-state index is 14.3. The number of fused-ring (bicyclic) bond motifs is 4. The monoisotopic (exact) mass is 638 g/mol. The Morgan fingerprint density at radius 3 is 2.07 bits per heavy atom. The van der Waals surface area contributed by atoms with Crippen LogP contribution in [0.5, 0.6) is 0 Å². The van der Waals surface area contributed by atoms with Crippen LogP contribution in [0.2, 0.25) is 0 Å². The number of aliphatic carboxylic acids is 1. The van der Waals surface area contributed by atoms with Crippen LogP contribution in [0.1, 0.15) is 133 Å². The number of anilines is 2. The highest BCUT2D eigenvalue weighted by atomic mass is 32.2. The molecule has 0 spiro atoms.